The van der Waals surface area contributed by atoms with Crippen molar-refractivity contribution in [3.63, 3.8) is 0 Å². The number of carbonyl (C=O) groups is 1. The molecule has 7 atom stereocenters. The van der Waals surface area contributed by atoms with Crippen LogP contribution < -0.4 is 4.74 Å². The highest BCUT2D eigenvalue weighted by Crippen LogP contribution is 2.58. The maximum atomic E-state index is 13.5. The zero-order valence-corrected chi connectivity index (χ0v) is 27.9. The molecule has 1 heterocycles. The number of carbonyl (C=O) groups excluding carboxylic acids is 1. The van der Waals surface area contributed by atoms with E-state index in [1.165, 1.54) is 57.1 Å². The Hall–Kier alpha value is -1.43. The lowest BCUT2D eigenvalue weighted by Crippen LogP contribution is -2.49. The minimum Gasteiger partial charge on any atom is -0.494 e. The number of hydrogen-bond acceptors (Lipinski definition) is 5. The van der Waals surface area contributed by atoms with Crippen LogP contribution in [0, 0.1) is 28.6 Å². The second kappa shape index (κ2) is 14.3. The molecule has 0 bridgehead atoms. The lowest BCUT2D eigenvalue weighted by atomic mass is 9.55. The summed E-state index contributed by atoms with van der Waals surface area (Å²) in [6.07, 6.45) is 16.9. The highest BCUT2D eigenvalue weighted by atomic mass is 16.6. The average molecular weight is 596 g/mol. The van der Waals surface area contributed by atoms with Gasteiger partial charge in [0.25, 0.3) is 0 Å². The van der Waals surface area contributed by atoms with Crippen molar-refractivity contribution in [3.8, 4) is 5.75 Å². The third-order valence-corrected chi connectivity index (χ3v) is 12.5. The summed E-state index contributed by atoms with van der Waals surface area (Å²) < 4.78 is 12.3. The summed E-state index contributed by atoms with van der Waals surface area (Å²) in [6.45, 7) is 12.7. The van der Waals surface area contributed by atoms with Gasteiger partial charge in [-0.3, -0.25) is 9.69 Å². The summed E-state index contributed by atoms with van der Waals surface area (Å²) in [5.74, 6) is 2.18. The second-order valence-corrected chi connectivity index (χ2v) is 15.1. The number of fused-ring (bicyclic) bond motifs is 1. The van der Waals surface area contributed by atoms with Gasteiger partial charge in [-0.25, -0.2) is 0 Å². The fourth-order valence-electron chi connectivity index (χ4n) is 10.0. The first-order valence-corrected chi connectivity index (χ1v) is 18.1. The van der Waals surface area contributed by atoms with Gasteiger partial charge in [-0.15, -0.1) is 0 Å². The highest BCUT2D eigenvalue weighted by molar-refractivity contribution is 5.86. The molecular weight excluding hydrogens is 534 g/mol. The van der Waals surface area contributed by atoms with Crippen LogP contribution in [0.1, 0.15) is 142 Å². The maximum Gasteiger partial charge on any atom is 0.165 e. The van der Waals surface area contributed by atoms with Gasteiger partial charge in [-0.1, -0.05) is 52.2 Å². The van der Waals surface area contributed by atoms with E-state index in [4.69, 9.17) is 9.47 Å². The third kappa shape index (κ3) is 7.36. The molecule has 5 heteroatoms. The van der Waals surface area contributed by atoms with Gasteiger partial charge in [0, 0.05) is 37.3 Å². The molecule has 5 nitrogen and oxygen atoms in total. The molecule has 1 aliphatic heterocycles. The standard InChI is InChI=1S/C38H61NO4/c1-5-24-39-25-8-7-16-34(39)30-13-10-15-32(27-30)42-26-23-37(19-11-17-35(37)40)20-18-33-29(3)12-9-14-31-28-38(41,43-6-2)22-21-36(31,33)4/h10,13,15,27,29,31,33-34,41H,5-9,11-12,14,16-26,28H2,1-4H3. The Bertz CT molecular complexity index is 1060. The molecule has 4 fully saturated rings. The molecule has 4 aliphatic rings. The molecular formula is C38H61NO4. The number of ketones is 1. The minimum atomic E-state index is -0.959. The Morgan fingerprint density at radius 1 is 1.02 bits per heavy atom. The van der Waals surface area contributed by atoms with Gasteiger partial charge < -0.3 is 14.6 Å². The van der Waals surface area contributed by atoms with Crippen molar-refractivity contribution in [3.05, 3.63) is 29.8 Å². The molecule has 3 aliphatic carbocycles. The number of rotatable bonds is 12. The normalized spacial score (nSPS) is 37.2. The van der Waals surface area contributed by atoms with E-state index >= 15 is 0 Å². The molecule has 1 aromatic rings. The molecule has 0 aromatic heterocycles. The first kappa shape index (κ1) is 32.9. The molecule has 1 aromatic carbocycles. The van der Waals surface area contributed by atoms with Gasteiger partial charge in [0.1, 0.15) is 11.5 Å². The predicted molar refractivity (Wildman–Crippen MR) is 174 cm³/mol. The molecule has 0 radical (unpaired) electrons. The number of piperidine rings is 1. The molecule has 1 N–H and O–H groups in total. The summed E-state index contributed by atoms with van der Waals surface area (Å²) >= 11 is 0. The summed E-state index contributed by atoms with van der Waals surface area (Å²) in [4.78, 5) is 16.2. The van der Waals surface area contributed by atoms with Crippen LogP contribution in [0.5, 0.6) is 5.75 Å². The van der Waals surface area contributed by atoms with E-state index in [-0.39, 0.29) is 10.8 Å². The smallest absolute Gasteiger partial charge is 0.165 e. The number of ether oxygens (including phenoxy) is 2. The van der Waals surface area contributed by atoms with Crippen LogP contribution in [0.4, 0.5) is 0 Å². The summed E-state index contributed by atoms with van der Waals surface area (Å²) in [5, 5.41) is 11.2. The number of aliphatic hydroxyl groups is 1. The zero-order chi connectivity index (χ0) is 30.5. The van der Waals surface area contributed by atoms with Crippen molar-refractivity contribution in [1.82, 2.24) is 4.90 Å². The SMILES string of the molecule is CCCN1CCCCC1c1cccc(OCCC2(CCC3C(C)CCCC4CC(O)(OCC)CCC43C)CCCC2=O)c1. The fraction of sp³-hybridized carbons (Fsp3) is 0.816. The fourth-order valence-corrected chi connectivity index (χ4v) is 10.0. The van der Waals surface area contributed by atoms with Crippen LogP contribution in [-0.4, -0.2) is 47.9 Å². The zero-order valence-electron chi connectivity index (χ0n) is 27.9. The van der Waals surface area contributed by atoms with Crippen molar-refractivity contribution >= 4 is 5.78 Å². The van der Waals surface area contributed by atoms with Crippen molar-refractivity contribution < 1.29 is 19.4 Å². The third-order valence-electron chi connectivity index (χ3n) is 12.5. The van der Waals surface area contributed by atoms with Crippen LogP contribution in [0.3, 0.4) is 0 Å². The van der Waals surface area contributed by atoms with Crippen LogP contribution in [0.15, 0.2) is 24.3 Å². The van der Waals surface area contributed by atoms with E-state index < -0.39 is 5.79 Å². The van der Waals surface area contributed by atoms with Gasteiger partial charge in [0.2, 0.25) is 0 Å². The van der Waals surface area contributed by atoms with Gasteiger partial charge in [0.15, 0.2) is 5.79 Å². The Balaban J connectivity index is 1.24. The van der Waals surface area contributed by atoms with Gasteiger partial charge in [-0.2, -0.15) is 0 Å². The van der Waals surface area contributed by atoms with E-state index in [1.54, 1.807) is 0 Å². The average Bonchev–Trinajstić information content (AvgIpc) is 3.30. The molecule has 3 saturated carbocycles. The number of benzene rings is 1. The van der Waals surface area contributed by atoms with Crippen molar-refractivity contribution in [2.45, 2.75) is 142 Å². The number of hydrogen-bond donors (Lipinski definition) is 1. The number of nitrogens with zero attached hydrogens (tertiary/aromatic N) is 1. The van der Waals surface area contributed by atoms with Gasteiger partial charge >= 0.3 is 0 Å². The molecule has 0 amide bonds. The molecule has 43 heavy (non-hydrogen) atoms. The highest BCUT2D eigenvalue weighted by Gasteiger charge is 2.53. The molecule has 0 spiro atoms. The number of Topliss-reactive ketones (excluding diaryl/α,β-unsaturated/α-hetero) is 1. The summed E-state index contributed by atoms with van der Waals surface area (Å²) in [5.41, 5.74) is 1.34. The van der Waals surface area contributed by atoms with E-state index in [0.717, 1.165) is 70.1 Å². The molecule has 5 rings (SSSR count). The van der Waals surface area contributed by atoms with Crippen LogP contribution in [0.25, 0.3) is 0 Å². The molecule has 1 saturated heterocycles. The molecule has 242 valence electrons. The quantitative estimate of drug-likeness (QED) is 0.245. The molecule has 7 unspecified atom stereocenters. The van der Waals surface area contributed by atoms with Crippen LogP contribution in [-0.2, 0) is 9.53 Å². The van der Waals surface area contributed by atoms with Crippen LogP contribution in [0.2, 0.25) is 0 Å². The van der Waals surface area contributed by atoms with Crippen LogP contribution >= 0.6 is 0 Å². The predicted octanol–water partition coefficient (Wildman–Crippen LogP) is 8.88. The van der Waals surface area contributed by atoms with Crippen molar-refractivity contribution in [1.29, 1.82) is 0 Å². The first-order chi connectivity index (χ1) is 20.7. The lowest BCUT2D eigenvalue weighted by Gasteiger charge is -2.52. The summed E-state index contributed by atoms with van der Waals surface area (Å²) in [7, 11) is 0. The Morgan fingerprint density at radius 2 is 1.88 bits per heavy atom. The lowest BCUT2D eigenvalue weighted by molar-refractivity contribution is -0.246. The van der Waals surface area contributed by atoms with E-state index in [9.17, 15) is 9.90 Å². The Labute approximate surface area is 262 Å². The van der Waals surface area contributed by atoms with E-state index in [2.05, 4.69) is 49.9 Å². The topological polar surface area (TPSA) is 59.0 Å². The van der Waals surface area contributed by atoms with E-state index in [0.29, 0.717) is 42.8 Å². The Kier molecular flexibility index (Phi) is 11.0. The van der Waals surface area contributed by atoms with Crippen molar-refractivity contribution in [2.75, 3.05) is 26.3 Å². The van der Waals surface area contributed by atoms with Gasteiger partial charge in [0.05, 0.1) is 6.61 Å². The monoisotopic (exact) mass is 595 g/mol. The Morgan fingerprint density at radius 3 is 2.65 bits per heavy atom. The number of likely N-dealkylation sites (tertiary alicyclic amines) is 1. The largest absolute Gasteiger partial charge is 0.494 e. The summed E-state index contributed by atoms with van der Waals surface area (Å²) in [6, 6.07) is 9.29. The second-order valence-electron chi connectivity index (χ2n) is 15.1. The van der Waals surface area contributed by atoms with Gasteiger partial charge in [-0.05, 0) is 125 Å². The first-order valence-electron chi connectivity index (χ1n) is 18.1. The maximum absolute atomic E-state index is 13.5. The van der Waals surface area contributed by atoms with Crippen molar-refractivity contribution in [2.24, 2.45) is 28.6 Å². The minimum absolute atomic E-state index is 0.198. The van der Waals surface area contributed by atoms with E-state index in [1.807, 2.05) is 6.92 Å².